The molecule has 1 heterocycles. The van der Waals surface area contributed by atoms with Crippen LogP contribution in [0, 0.1) is 0 Å². The zero-order chi connectivity index (χ0) is 12.5. The third-order valence-electron chi connectivity index (χ3n) is 2.83. The van der Waals surface area contributed by atoms with E-state index in [2.05, 4.69) is 15.9 Å². The summed E-state index contributed by atoms with van der Waals surface area (Å²) in [5.74, 6) is -0.333. The highest BCUT2D eigenvalue weighted by molar-refractivity contribution is 9.10. The second-order valence-corrected chi connectivity index (χ2v) is 4.88. The molecule has 0 aliphatic carbocycles. The first-order chi connectivity index (χ1) is 8.75. The average Bonchev–Trinajstić information content (AvgIpc) is 2.70. The third kappa shape index (κ3) is 1.88. The maximum Gasteiger partial charge on any atom is 0.420 e. The minimum Gasteiger partial charge on any atom is -0.406 e. The number of hydrogen-bond acceptors (Lipinski definition) is 2. The van der Waals surface area contributed by atoms with Crippen molar-refractivity contribution in [2.45, 2.75) is 6.54 Å². The van der Waals surface area contributed by atoms with Crippen molar-refractivity contribution in [3.63, 3.8) is 0 Å². The molecule has 0 spiro atoms. The van der Waals surface area contributed by atoms with E-state index in [1.807, 2.05) is 48.5 Å². The predicted octanol–water partition coefficient (Wildman–Crippen LogP) is 3.41. The van der Waals surface area contributed by atoms with E-state index < -0.39 is 0 Å². The van der Waals surface area contributed by atoms with E-state index in [9.17, 15) is 4.79 Å². The number of rotatable bonds is 2. The molecule has 3 rings (SSSR count). The summed E-state index contributed by atoms with van der Waals surface area (Å²) >= 11 is 3.38. The van der Waals surface area contributed by atoms with E-state index in [1.165, 1.54) is 0 Å². The fourth-order valence-electron chi connectivity index (χ4n) is 1.97. The van der Waals surface area contributed by atoms with Crippen LogP contribution in [0.5, 0.6) is 0 Å². The van der Waals surface area contributed by atoms with Crippen LogP contribution >= 0.6 is 15.9 Å². The van der Waals surface area contributed by atoms with Gasteiger partial charge in [0.2, 0.25) is 0 Å². The minimum absolute atomic E-state index is 0.333. The van der Waals surface area contributed by atoms with Gasteiger partial charge >= 0.3 is 5.76 Å². The van der Waals surface area contributed by atoms with Crippen LogP contribution in [0.15, 0.2) is 62.2 Å². The van der Waals surface area contributed by atoms with Crippen LogP contribution < -0.4 is 5.76 Å². The SMILES string of the molecule is O=c1oc2c(Br)cccc2n1Cc1ccccc1. The number of nitrogens with zero attached hydrogens (tertiary/aromatic N) is 1. The van der Waals surface area contributed by atoms with Crippen molar-refractivity contribution in [1.29, 1.82) is 0 Å². The summed E-state index contributed by atoms with van der Waals surface area (Å²) in [6.45, 7) is 0.517. The molecule has 0 amide bonds. The van der Waals surface area contributed by atoms with Gasteiger partial charge in [0.25, 0.3) is 0 Å². The second kappa shape index (κ2) is 4.46. The first-order valence-corrected chi connectivity index (χ1v) is 6.37. The van der Waals surface area contributed by atoms with Crippen LogP contribution in [0.25, 0.3) is 11.1 Å². The molecule has 1 aromatic heterocycles. The highest BCUT2D eigenvalue weighted by atomic mass is 79.9. The minimum atomic E-state index is -0.333. The first kappa shape index (κ1) is 11.3. The van der Waals surface area contributed by atoms with Gasteiger partial charge in [-0.1, -0.05) is 36.4 Å². The third-order valence-corrected chi connectivity index (χ3v) is 3.45. The van der Waals surface area contributed by atoms with Gasteiger partial charge in [-0.05, 0) is 33.6 Å². The van der Waals surface area contributed by atoms with E-state index in [4.69, 9.17) is 4.42 Å². The molecule has 0 saturated carbocycles. The smallest absolute Gasteiger partial charge is 0.406 e. The molecule has 0 unspecified atom stereocenters. The lowest BCUT2D eigenvalue weighted by atomic mass is 10.2. The number of aromatic nitrogens is 1. The molecule has 2 aromatic carbocycles. The number of para-hydroxylation sites is 1. The summed E-state index contributed by atoms with van der Waals surface area (Å²) in [6, 6.07) is 15.5. The van der Waals surface area contributed by atoms with Gasteiger partial charge in [0.15, 0.2) is 5.58 Å². The summed E-state index contributed by atoms with van der Waals surface area (Å²) in [6.07, 6.45) is 0. The Morgan fingerprint density at radius 1 is 1.06 bits per heavy atom. The monoisotopic (exact) mass is 303 g/mol. The summed E-state index contributed by atoms with van der Waals surface area (Å²) in [5.41, 5.74) is 2.47. The van der Waals surface area contributed by atoms with Crippen molar-refractivity contribution in [3.8, 4) is 0 Å². The number of oxazole rings is 1. The fourth-order valence-corrected chi connectivity index (χ4v) is 2.40. The van der Waals surface area contributed by atoms with Gasteiger partial charge in [0.05, 0.1) is 16.5 Å². The van der Waals surface area contributed by atoms with Crippen LogP contribution in [0.1, 0.15) is 5.56 Å². The van der Waals surface area contributed by atoms with Crippen molar-refractivity contribution < 1.29 is 4.42 Å². The van der Waals surface area contributed by atoms with Gasteiger partial charge in [-0.2, -0.15) is 0 Å². The van der Waals surface area contributed by atoms with E-state index >= 15 is 0 Å². The summed E-state index contributed by atoms with van der Waals surface area (Å²) < 4.78 is 7.69. The molecule has 3 nitrogen and oxygen atoms in total. The topological polar surface area (TPSA) is 35.1 Å². The van der Waals surface area contributed by atoms with Crippen LogP contribution in [0.4, 0.5) is 0 Å². The number of benzene rings is 2. The molecule has 0 fully saturated rings. The lowest BCUT2D eigenvalue weighted by Crippen LogP contribution is -2.14. The molecule has 0 radical (unpaired) electrons. The molecular formula is C14H10BrNO2. The van der Waals surface area contributed by atoms with Gasteiger partial charge in [0, 0.05) is 0 Å². The number of fused-ring (bicyclic) bond motifs is 1. The largest absolute Gasteiger partial charge is 0.420 e. The lowest BCUT2D eigenvalue weighted by molar-refractivity contribution is 0.516. The Balaban J connectivity index is 2.15. The van der Waals surface area contributed by atoms with Crippen LogP contribution in [-0.2, 0) is 6.54 Å². The Labute approximate surface area is 112 Å². The highest BCUT2D eigenvalue weighted by Crippen LogP contribution is 2.23. The van der Waals surface area contributed by atoms with E-state index in [0.29, 0.717) is 12.1 Å². The van der Waals surface area contributed by atoms with Gasteiger partial charge < -0.3 is 4.42 Å². The number of hydrogen-bond donors (Lipinski definition) is 0. The molecular weight excluding hydrogens is 294 g/mol. The second-order valence-electron chi connectivity index (χ2n) is 4.03. The average molecular weight is 304 g/mol. The Bertz CT molecular complexity index is 743. The number of halogens is 1. The van der Waals surface area contributed by atoms with E-state index in [-0.39, 0.29) is 5.76 Å². The highest BCUT2D eigenvalue weighted by Gasteiger charge is 2.11. The van der Waals surface area contributed by atoms with Crippen molar-refractivity contribution >= 4 is 27.0 Å². The maximum atomic E-state index is 11.9. The summed E-state index contributed by atoms with van der Waals surface area (Å²) in [4.78, 5) is 11.9. The molecule has 90 valence electrons. The van der Waals surface area contributed by atoms with Crippen molar-refractivity contribution in [2.24, 2.45) is 0 Å². The molecule has 0 bridgehead atoms. The maximum absolute atomic E-state index is 11.9. The zero-order valence-corrected chi connectivity index (χ0v) is 11.1. The van der Waals surface area contributed by atoms with Crippen molar-refractivity contribution in [3.05, 3.63) is 69.1 Å². The normalized spacial score (nSPS) is 10.9. The molecule has 0 aliphatic heterocycles. The van der Waals surface area contributed by atoms with Gasteiger partial charge in [0.1, 0.15) is 0 Å². The Hall–Kier alpha value is -1.81. The lowest BCUT2D eigenvalue weighted by Gasteiger charge is -2.02. The first-order valence-electron chi connectivity index (χ1n) is 5.57. The zero-order valence-electron chi connectivity index (χ0n) is 9.47. The standard InChI is InChI=1S/C14H10BrNO2/c15-11-7-4-8-12-13(11)18-14(17)16(12)9-10-5-2-1-3-6-10/h1-8H,9H2. The molecule has 0 aliphatic rings. The molecule has 0 saturated heterocycles. The van der Waals surface area contributed by atoms with Gasteiger partial charge in [-0.15, -0.1) is 0 Å². The van der Waals surface area contributed by atoms with E-state index in [1.54, 1.807) is 4.57 Å². The van der Waals surface area contributed by atoms with Gasteiger partial charge in [-0.25, -0.2) is 4.79 Å². The van der Waals surface area contributed by atoms with E-state index in [0.717, 1.165) is 15.6 Å². The Kier molecular flexibility index (Phi) is 2.80. The fraction of sp³-hybridized carbons (Fsp3) is 0.0714. The Morgan fingerprint density at radius 3 is 2.61 bits per heavy atom. The summed E-state index contributed by atoms with van der Waals surface area (Å²) in [7, 11) is 0. The molecule has 0 atom stereocenters. The quantitative estimate of drug-likeness (QED) is 0.727. The van der Waals surface area contributed by atoms with Crippen LogP contribution in [-0.4, -0.2) is 4.57 Å². The van der Waals surface area contributed by atoms with Crippen molar-refractivity contribution in [2.75, 3.05) is 0 Å². The Morgan fingerprint density at radius 2 is 1.83 bits per heavy atom. The van der Waals surface area contributed by atoms with Crippen LogP contribution in [0.2, 0.25) is 0 Å². The summed E-state index contributed by atoms with van der Waals surface area (Å²) in [5, 5.41) is 0. The van der Waals surface area contributed by atoms with Crippen LogP contribution in [0.3, 0.4) is 0 Å². The molecule has 18 heavy (non-hydrogen) atoms. The predicted molar refractivity (Wildman–Crippen MR) is 73.7 cm³/mol. The molecule has 0 N–H and O–H groups in total. The van der Waals surface area contributed by atoms with Crippen molar-refractivity contribution in [1.82, 2.24) is 4.57 Å². The molecule has 4 heteroatoms. The van der Waals surface area contributed by atoms with Gasteiger partial charge in [-0.3, -0.25) is 4.57 Å². The molecule has 3 aromatic rings.